The number of nitrogens with zero attached hydrogens (tertiary/aromatic N) is 2. The second-order valence-corrected chi connectivity index (χ2v) is 11.0. The van der Waals surface area contributed by atoms with Gasteiger partial charge in [0.2, 0.25) is 15.9 Å². The Morgan fingerprint density at radius 2 is 1.76 bits per heavy atom. The van der Waals surface area contributed by atoms with Crippen molar-refractivity contribution in [2.75, 3.05) is 40.5 Å². The molecule has 194 valence electrons. The smallest absolute Gasteiger partial charge is 0.266 e. The number of hydrogen-bond acceptors (Lipinski definition) is 7. The van der Waals surface area contributed by atoms with Crippen molar-refractivity contribution < 1.29 is 36.7 Å². The summed E-state index contributed by atoms with van der Waals surface area (Å²) in [5.41, 5.74) is 3.02. The van der Waals surface area contributed by atoms with Crippen LogP contribution < -0.4 is 5.48 Å². The number of sulfonamides is 1. The van der Waals surface area contributed by atoms with E-state index in [0.717, 1.165) is 18.2 Å². The molecule has 34 heavy (non-hydrogen) atoms. The summed E-state index contributed by atoms with van der Waals surface area (Å²) in [6.45, 7) is 1.26. The molecule has 1 aliphatic heterocycles. The topological polar surface area (TPSA) is 118 Å². The number of aryl methyl sites for hydroxylation is 1. The van der Waals surface area contributed by atoms with Crippen molar-refractivity contribution >= 4 is 15.9 Å². The number of carbonyl (C=O) groups is 1. The van der Waals surface area contributed by atoms with E-state index in [9.17, 15) is 27.2 Å². The van der Waals surface area contributed by atoms with Gasteiger partial charge in [0.05, 0.1) is 0 Å². The third-order valence-corrected chi connectivity index (χ3v) is 8.97. The first-order valence-electron chi connectivity index (χ1n) is 11.3. The molecule has 2 heterocycles. The largest absolute Gasteiger partial charge is 0.385 e. The van der Waals surface area contributed by atoms with E-state index >= 15 is 0 Å². The van der Waals surface area contributed by atoms with E-state index in [-0.39, 0.29) is 57.9 Å². The van der Waals surface area contributed by atoms with Crippen molar-refractivity contribution in [1.29, 1.82) is 0 Å². The molecule has 2 rings (SSSR count). The molecule has 0 aromatic carbocycles. The van der Waals surface area contributed by atoms with Gasteiger partial charge in [-0.1, -0.05) is 6.07 Å². The average Bonchev–Trinajstić information content (AvgIpc) is 2.82. The minimum Gasteiger partial charge on any atom is -0.385 e. The molecule has 0 unspecified atom stereocenters. The molecular weight excluding hydrogens is 472 g/mol. The van der Waals surface area contributed by atoms with Gasteiger partial charge in [-0.25, -0.2) is 27.0 Å². The predicted molar refractivity (Wildman–Crippen MR) is 121 cm³/mol. The Hall–Kier alpha value is -1.73. The Bertz CT molecular complexity index is 877. The SMILES string of the molecule is COCCC(CCOC)(C(=O)NO)S(=O)(=O)N1CCC(c2ccc(CCC(C)(F)F)cn2)CC1. The van der Waals surface area contributed by atoms with E-state index in [1.54, 1.807) is 18.3 Å². The number of rotatable bonds is 13. The summed E-state index contributed by atoms with van der Waals surface area (Å²) >= 11 is 0. The normalized spacial score (nSPS) is 16.5. The monoisotopic (exact) mass is 507 g/mol. The standard InChI is InChI=1S/C22H35F2N3O6S/c1-21(23,24)9-6-17-4-5-19(25-16-17)18-7-12-27(13-8-18)34(30,31)22(10-14-32-2,11-15-33-3)20(28)26-29/h4-5,16,18,29H,6-15H2,1-3H3,(H,26,28). The highest BCUT2D eigenvalue weighted by molar-refractivity contribution is 7.91. The number of piperidine rings is 1. The van der Waals surface area contributed by atoms with E-state index in [4.69, 9.17) is 9.47 Å². The molecule has 2 N–H and O–H groups in total. The van der Waals surface area contributed by atoms with Crippen LogP contribution in [-0.4, -0.2) is 80.0 Å². The summed E-state index contributed by atoms with van der Waals surface area (Å²) in [6.07, 6.45) is 2.28. The first-order valence-corrected chi connectivity index (χ1v) is 12.7. The summed E-state index contributed by atoms with van der Waals surface area (Å²) in [6, 6.07) is 3.59. The molecule has 0 bridgehead atoms. The molecule has 0 saturated carbocycles. The molecule has 0 radical (unpaired) electrons. The number of halogens is 2. The van der Waals surface area contributed by atoms with Crippen LogP contribution in [0.5, 0.6) is 0 Å². The molecule has 1 aromatic heterocycles. The Kier molecular flexibility index (Phi) is 10.3. The third kappa shape index (κ3) is 6.91. The van der Waals surface area contributed by atoms with Crippen molar-refractivity contribution in [3.63, 3.8) is 0 Å². The first-order chi connectivity index (χ1) is 16.0. The maximum absolute atomic E-state index is 13.6. The maximum atomic E-state index is 13.6. The summed E-state index contributed by atoms with van der Waals surface area (Å²) in [5, 5.41) is 9.31. The van der Waals surface area contributed by atoms with Crippen molar-refractivity contribution in [2.45, 2.75) is 62.0 Å². The molecule has 12 heteroatoms. The summed E-state index contributed by atoms with van der Waals surface area (Å²) < 4.78 is 62.8. The number of alkyl halides is 2. The van der Waals surface area contributed by atoms with Crippen molar-refractivity contribution in [3.05, 3.63) is 29.6 Å². The van der Waals surface area contributed by atoms with Crippen LogP contribution in [0.2, 0.25) is 0 Å². The van der Waals surface area contributed by atoms with Crippen LogP contribution in [0.15, 0.2) is 18.3 Å². The van der Waals surface area contributed by atoms with Crippen LogP contribution >= 0.6 is 0 Å². The van der Waals surface area contributed by atoms with Crippen LogP contribution in [0.3, 0.4) is 0 Å². The lowest BCUT2D eigenvalue weighted by Crippen LogP contribution is -2.59. The van der Waals surface area contributed by atoms with Gasteiger partial charge in [-0.2, -0.15) is 0 Å². The van der Waals surface area contributed by atoms with Gasteiger partial charge in [-0.05, 0) is 37.8 Å². The number of hydroxylamine groups is 1. The number of ether oxygens (including phenoxy) is 2. The highest BCUT2D eigenvalue weighted by Gasteiger charge is 2.53. The molecular formula is C22H35F2N3O6S. The zero-order valence-electron chi connectivity index (χ0n) is 19.9. The van der Waals surface area contributed by atoms with Gasteiger partial charge < -0.3 is 9.47 Å². The fourth-order valence-electron chi connectivity index (χ4n) is 4.19. The molecule has 1 aromatic rings. The van der Waals surface area contributed by atoms with Crippen LogP contribution in [0.25, 0.3) is 0 Å². The van der Waals surface area contributed by atoms with Crippen LogP contribution in [0.4, 0.5) is 8.78 Å². The van der Waals surface area contributed by atoms with Gasteiger partial charge in [-0.3, -0.25) is 15.0 Å². The number of aromatic nitrogens is 1. The number of hydrogen-bond donors (Lipinski definition) is 2. The number of amides is 1. The molecule has 0 spiro atoms. The number of methoxy groups -OCH3 is 2. The summed E-state index contributed by atoms with van der Waals surface area (Å²) in [4.78, 5) is 17.1. The summed E-state index contributed by atoms with van der Waals surface area (Å²) in [7, 11) is -1.36. The Morgan fingerprint density at radius 3 is 2.21 bits per heavy atom. The lowest BCUT2D eigenvalue weighted by molar-refractivity contribution is -0.133. The first kappa shape index (κ1) is 28.5. The molecule has 1 aliphatic rings. The number of carbonyl (C=O) groups excluding carboxylic acids is 1. The van der Waals surface area contributed by atoms with Crippen LogP contribution in [0, 0.1) is 0 Å². The van der Waals surface area contributed by atoms with Crippen molar-refractivity contribution in [3.8, 4) is 0 Å². The predicted octanol–water partition coefficient (Wildman–Crippen LogP) is 2.50. The Labute approximate surface area is 199 Å². The number of pyridine rings is 1. The number of nitrogens with one attached hydrogen (secondary N) is 1. The molecule has 0 aliphatic carbocycles. The van der Waals surface area contributed by atoms with Gasteiger partial charge in [0.1, 0.15) is 0 Å². The van der Waals surface area contributed by atoms with Crippen LogP contribution in [0.1, 0.15) is 56.2 Å². The van der Waals surface area contributed by atoms with Gasteiger partial charge in [0.25, 0.3) is 5.91 Å². The van der Waals surface area contributed by atoms with Gasteiger partial charge in [0, 0.05) is 77.6 Å². The van der Waals surface area contributed by atoms with Crippen molar-refractivity contribution in [2.24, 2.45) is 0 Å². The minimum atomic E-state index is -4.17. The molecule has 1 fully saturated rings. The zero-order chi connectivity index (χ0) is 25.4. The third-order valence-electron chi connectivity index (χ3n) is 6.34. The quantitative estimate of drug-likeness (QED) is 0.311. The highest BCUT2D eigenvalue weighted by atomic mass is 32.2. The summed E-state index contributed by atoms with van der Waals surface area (Å²) in [5.74, 6) is -3.74. The van der Waals surface area contributed by atoms with Crippen molar-refractivity contribution in [1.82, 2.24) is 14.8 Å². The van der Waals surface area contributed by atoms with E-state index in [1.807, 2.05) is 0 Å². The lowest BCUT2D eigenvalue weighted by Gasteiger charge is -2.39. The van der Waals surface area contributed by atoms with E-state index in [1.165, 1.54) is 24.0 Å². The molecule has 0 atom stereocenters. The highest BCUT2D eigenvalue weighted by Crippen LogP contribution is 2.35. The molecule has 9 nitrogen and oxygen atoms in total. The molecule has 1 saturated heterocycles. The second-order valence-electron chi connectivity index (χ2n) is 8.76. The Balaban J connectivity index is 2.13. The van der Waals surface area contributed by atoms with Crippen LogP contribution in [-0.2, 0) is 30.7 Å². The van der Waals surface area contributed by atoms with Gasteiger partial charge in [0.15, 0.2) is 4.75 Å². The maximum Gasteiger partial charge on any atom is 0.266 e. The Morgan fingerprint density at radius 1 is 1.18 bits per heavy atom. The molecule has 1 amide bonds. The van der Waals surface area contributed by atoms with Gasteiger partial charge >= 0.3 is 0 Å². The van der Waals surface area contributed by atoms with E-state index in [0.29, 0.717) is 12.8 Å². The zero-order valence-corrected chi connectivity index (χ0v) is 20.7. The van der Waals surface area contributed by atoms with Gasteiger partial charge in [-0.15, -0.1) is 0 Å². The second kappa shape index (κ2) is 12.3. The fraction of sp³-hybridized carbons (Fsp3) is 0.727. The van der Waals surface area contributed by atoms with E-state index < -0.39 is 26.6 Å². The lowest BCUT2D eigenvalue weighted by atomic mass is 9.93. The minimum absolute atomic E-state index is 0.00661. The fourth-order valence-corrected chi connectivity index (χ4v) is 6.34. The average molecular weight is 508 g/mol. The van der Waals surface area contributed by atoms with E-state index in [2.05, 4.69) is 4.98 Å².